The quantitative estimate of drug-likeness (QED) is 0.835. The Morgan fingerprint density at radius 1 is 1.22 bits per heavy atom. The molecule has 1 aromatic carbocycles. The average molecular weight is 320 g/mol. The van der Waals surface area contributed by atoms with Crippen molar-refractivity contribution in [1.82, 2.24) is 4.90 Å². The number of benzene rings is 1. The lowest BCUT2D eigenvalue weighted by Gasteiger charge is -2.36. The van der Waals surface area contributed by atoms with Gasteiger partial charge in [-0.2, -0.15) is 0 Å². The van der Waals surface area contributed by atoms with Gasteiger partial charge < -0.3 is 9.64 Å². The van der Waals surface area contributed by atoms with Crippen molar-refractivity contribution in [2.75, 3.05) is 37.6 Å². The van der Waals surface area contributed by atoms with E-state index in [-0.39, 0.29) is 17.7 Å². The fraction of sp³-hybridized carbons (Fsp3) is 0.611. The number of halogens is 1. The van der Waals surface area contributed by atoms with Crippen LogP contribution in [0.2, 0.25) is 0 Å². The van der Waals surface area contributed by atoms with Gasteiger partial charge >= 0.3 is 0 Å². The Balaban J connectivity index is 1.69. The molecule has 1 aromatic rings. The van der Waals surface area contributed by atoms with Gasteiger partial charge in [0.05, 0.1) is 18.3 Å². The van der Waals surface area contributed by atoms with E-state index >= 15 is 0 Å². The van der Waals surface area contributed by atoms with Crippen LogP contribution in [0.5, 0.6) is 5.75 Å². The van der Waals surface area contributed by atoms with Crippen LogP contribution in [0.1, 0.15) is 32.6 Å². The summed E-state index contributed by atoms with van der Waals surface area (Å²) in [5.74, 6) is 0.748. The first-order chi connectivity index (χ1) is 11.1. The number of piperazine rings is 1. The number of carbonyl (C=O) groups is 1. The second kappa shape index (κ2) is 7.30. The standard InChI is InChI=1S/C18H25FN2O2/c1-14(22)13-20-8-10-21(11-9-20)17-12-15(19)6-7-18(17)23-16-4-2-3-5-16/h6-7,12,16H,2-5,8-11,13H2,1H3. The van der Waals surface area contributed by atoms with Gasteiger partial charge in [0.15, 0.2) is 0 Å². The van der Waals surface area contributed by atoms with E-state index in [9.17, 15) is 9.18 Å². The van der Waals surface area contributed by atoms with Crippen LogP contribution < -0.4 is 9.64 Å². The summed E-state index contributed by atoms with van der Waals surface area (Å²) in [5.41, 5.74) is 0.847. The zero-order valence-corrected chi connectivity index (χ0v) is 13.8. The fourth-order valence-corrected chi connectivity index (χ4v) is 3.48. The molecular weight excluding hydrogens is 295 g/mol. The van der Waals surface area contributed by atoms with Crippen molar-refractivity contribution in [2.45, 2.75) is 38.7 Å². The van der Waals surface area contributed by atoms with Crippen LogP contribution >= 0.6 is 0 Å². The first kappa shape index (κ1) is 16.2. The molecule has 1 saturated heterocycles. The third kappa shape index (κ3) is 4.22. The molecule has 2 fully saturated rings. The van der Waals surface area contributed by atoms with Gasteiger partial charge in [-0.15, -0.1) is 0 Å². The highest BCUT2D eigenvalue weighted by Crippen LogP contribution is 2.33. The molecule has 0 spiro atoms. The van der Waals surface area contributed by atoms with Crippen LogP contribution in [0.3, 0.4) is 0 Å². The minimum atomic E-state index is -0.232. The van der Waals surface area contributed by atoms with Crippen LogP contribution in [0.4, 0.5) is 10.1 Å². The Hall–Kier alpha value is -1.62. The summed E-state index contributed by atoms with van der Waals surface area (Å²) in [6, 6.07) is 4.80. The summed E-state index contributed by atoms with van der Waals surface area (Å²) in [4.78, 5) is 15.5. The number of carbonyl (C=O) groups excluding carboxylic acids is 1. The highest BCUT2D eigenvalue weighted by Gasteiger charge is 2.23. The molecule has 0 atom stereocenters. The lowest BCUT2D eigenvalue weighted by molar-refractivity contribution is -0.118. The second-order valence-corrected chi connectivity index (χ2v) is 6.60. The summed E-state index contributed by atoms with van der Waals surface area (Å²) in [5, 5.41) is 0. The molecule has 2 aliphatic rings. The number of hydrogen-bond donors (Lipinski definition) is 0. The summed E-state index contributed by atoms with van der Waals surface area (Å²) in [7, 11) is 0. The Labute approximate surface area is 137 Å². The van der Waals surface area contributed by atoms with E-state index in [1.807, 2.05) is 0 Å². The predicted octanol–water partition coefficient (Wildman–Crippen LogP) is 2.86. The number of anilines is 1. The maximum absolute atomic E-state index is 13.7. The molecule has 0 unspecified atom stereocenters. The first-order valence-electron chi connectivity index (χ1n) is 8.55. The smallest absolute Gasteiger partial charge is 0.143 e. The maximum atomic E-state index is 13.7. The maximum Gasteiger partial charge on any atom is 0.143 e. The van der Waals surface area contributed by atoms with Crippen molar-refractivity contribution in [3.63, 3.8) is 0 Å². The molecule has 1 aliphatic heterocycles. The van der Waals surface area contributed by atoms with E-state index in [1.165, 1.54) is 18.9 Å². The Kier molecular flexibility index (Phi) is 5.16. The van der Waals surface area contributed by atoms with Crippen LogP contribution in [0.15, 0.2) is 18.2 Å². The van der Waals surface area contributed by atoms with E-state index in [0.717, 1.165) is 50.5 Å². The molecule has 5 heteroatoms. The van der Waals surface area contributed by atoms with Crippen molar-refractivity contribution in [3.05, 3.63) is 24.0 Å². The van der Waals surface area contributed by atoms with Gasteiger partial charge in [0, 0.05) is 32.2 Å². The van der Waals surface area contributed by atoms with Crippen molar-refractivity contribution in [2.24, 2.45) is 0 Å². The minimum absolute atomic E-state index is 0.189. The normalized spacial score (nSPS) is 20.0. The van der Waals surface area contributed by atoms with E-state index in [2.05, 4.69) is 9.80 Å². The van der Waals surface area contributed by atoms with E-state index in [0.29, 0.717) is 6.54 Å². The summed E-state index contributed by atoms with van der Waals surface area (Å²) in [6.45, 7) is 5.34. The van der Waals surface area contributed by atoms with Gasteiger partial charge in [0.25, 0.3) is 0 Å². The number of Topliss-reactive ketones (excluding diaryl/α,β-unsaturated/α-hetero) is 1. The summed E-state index contributed by atoms with van der Waals surface area (Å²) in [6.07, 6.45) is 4.86. The highest BCUT2D eigenvalue weighted by atomic mass is 19.1. The van der Waals surface area contributed by atoms with Gasteiger partial charge in [-0.25, -0.2) is 4.39 Å². The number of rotatable bonds is 5. The Morgan fingerprint density at radius 3 is 2.57 bits per heavy atom. The van der Waals surface area contributed by atoms with Crippen molar-refractivity contribution in [1.29, 1.82) is 0 Å². The fourth-order valence-electron chi connectivity index (χ4n) is 3.48. The van der Waals surface area contributed by atoms with Gasteiger partial charge in [0.2, 0.25) is 0 Å². The molecule has 126 valence electrons. The van der Waals surface area contributed by atoms with Crippen molar-refractivity contribution < 1.29 is 13.9 Å². The molecule has 3 rings (SSSR count). The predicted molar refractivity (Wildman–Crippen MR) is 88.6 cm³/mol. The molecule has 0 bridgehead atoms. The third-order valence-corrected chi connectivity index (χ3v) is 4.68. The lowest BCUT2D eigenvalue weighted by atomic mass is 10.2. The molecule has 1 saturated carbocycles. The number of ether oxygens (including phenoxy) is 1. The van der Waals surface area contributed by atoms with E-state index in [4.69, 9.17) is 4.74 Å². The molecule has 0 radical (unpaired) electrons. The van der Waals surface area contributed by atoms with Crippen LogP contribution in [-0.2, 0) is 4.79 Å². The minimum Gasteiger partial charge on any atom is -0.488 e. The van der Waals surface area contributed by atoms with Crippen molar-refractivity contribution >= 4 is 11.5 Å². The zero-order chi connectivity index (χ0) is 16.2. The number of ketones is 1. The Morgan fingerprint density at radius 2 is 1.91 bits per heavy atom. The molecular formula is C18H25FN2O2. The zero-order valence-electron chi connectivity index (χ0n) is 13.8. The number of hydrogen-bond acceptors (Lipinski definition) is 4. The third-order valence-electron chi connectivity index (χ3n) is 4.68. The monoisotopic (exact) mass is 320 g/mol. The molecule has 4 nitrogen and oxygen atoms in total. The second-order valence-electron chi connectivity index (χ2n) is 6.60. The highest BCUT2D eigenvalue weighted by molar-refractivity contribution is 5.77. The Bertz CT molecular complexity index is 550. The van der Waals surface area contributed by atoms with Gasteiger partial charge in [-0.05, 0) is 44.7 Å². The van der Waals surface area contributed by atoms with E-state index in [1.54, 1.807) is 19.1 Å². The van der Waals surface area contributed by atoms with Gasteiger partial charge in [-0.1, -0.05) is 0 Å². The summed E-state index contributed by atoms with van der Waals surface area (Å²) < 4.78 is 19.9. The lowest BCUT2D eigenvalue weighted by Crippen LogP contribution is -2.47. The van der Waals surface area contributed by atoms with Gasteiger partial charge in [-0.3, -0.25) is 9.69 Å². The molecule has 0 amide bonds. The van der Waals surface area contributed by atoms with Gasteiger partial charge in [0.1, 0.15) is 17.3 Å². The van der Waals surface area contributed by atoms with E-state index < -0.39 is 0 Å². The molecule has 23 heavy (non-hydrogen) atoms. The largest absolute Gasteiger partial charge is 0.488 e. The first-order valence-corrected chi connectivity index (χ1v) is 8.55. The number of nitrogens with zero attached hydrogens (tertiary/aromatic N) is 2. The van der Waals surface area contributed by atoms with Crippen LogP contribution in [0, 0.1) is 5.82 Å². The molecule has 1 heterocycles. The van der Waals surface area contributed by atoms with Crippen molar-refractivity contribution in [3.8, 4) is 5.75 Å². The van der Waals surface area contributed by atoms with Crippen LogP contribution in [0.25, 0.3) is 0 Å². The molecule has 1 aliphatic carbocycles. The molecule has 0 aromatic heterocycles. The average Bonchev–Trinajstić information content (AvgIpc) is 3.02. The SMILES string of the molecule is CC(=O)CN1CCN(c2cc(F)ccc2OC2CCCC2)CC1. The summed E-state index contributed by atoms with van der Waals surface area (Å²) >= 11 is 0. The molecule has 0 N–H and O–H groups in total. The topological polar surface area (TPSA) is 32.8 Å². The van der Waals surface area contributed by atoms with Crippen LogP contribution in [-0.4, -0.2) is 49.5 Å².